The van der Waals surface area contributed by atoms with Crippen molar-refractivity contribution in [2.45, 2.75) is 0 Å². The number of hydrogen-bond acceptors (Lipinski definition) is 6. The van der Waals surface area contributed by atoms with E-state index in [2.05, 4.69) is 10.1 Å². The lowest BCUT2D eigenvalue weighted by molar-refractivity contribution is 0.0746. The number of pyridine rings is 1. The fourth-order valence-corrected chi connectivity index (χ4v) is 3.32. The average Bonchev–Trinajstić information content (AvgIpc) is 3.24. The lowest BCUT2D eigenvalue weighted by Gasteiger charge is -2.35. The molecule has 3 heterocycles. The second-order valence-corrected chi connectivity index (χ2v) is 6.45. The van der Waals surface area contributed by atoms with Gasteiger partial charge in [-0.05, 0) is 12.1 Å². The van der Waals surface area contributed by atoms with Gasteiger partial charge in [0.15, 0.2) is 5.76 Å². The Kier molecular flexibility index (Phi) is 4.76. The van der Waals surface area contributed by atoms with Crippen molar-refractivity contribution in [2.24, 2.45) is 5.73 Å². The van der Waals surface area contributed by atoms with Gasteiger partial charge in [0.2, 0.25) is 0 Å². The van der Waals surface area contributed by atoms with Gasteiger partial charge < -0.3 is 20.1 Å². The van der Waals surface area contributed by atoms with E-state index < -0.39 is 5.91 Å². The molecule has 1 saturated heterocycles. The van der Waals surface area contributed by atoms with Gasteiger partial charge in [0, 0.05) is 37.9 Å². The van der Waals surface area contributed by atoms with E-state index in [4.69, 9.17) is 10.3 Å². The van der Waals surface area contributed by atoms with Gasteiger partial charge in [-0.15, -0.1) is 0 Å². The van der Waals surface area contributed by atoms with E-state index in [0.29, 0.717) is 48.9 Å². The van der Waals surface area contributed by atoms with Crippen molar-refractivity contribution >= 4 is 17.6 Å². The van der Waals surface area contributed by atoms with E-state index in [-0.39, 0.29) is 5.91 Å². The van der Waals surface area contributed by atoms with Crippen LogP contribution in [0.5, 0.6) is 0 Å². The molecular weight excluding hydrogens is 358 g/mol. The third-order valence-electron chi connectivity index (χ3n) is 4.76. The summed E-state index contributed by atoms with van der Waals surface area (Å²) in [6.07, 6.45) is 3.09. The number of carbonyl (C=O) groups excluding carboxylic acids is 2. The molecule has 0 saturated carbocycles. The first-order valence-electron chi connectivity index (χ1n) is 8.94. The van der Waals surface area contributed by atoms with Gasteiger partial charge in [0.05, 0.1) is 11.8 Å². The number of benzene rings is 1. The number of nitrogens with two attached hydrogens (primary N) is 1. The van der Waals surface area contributed by atoms with Crippen molar-refractivity contribution < 1.29 is 14.1 Å². The molecule has 0 unspecified atom stereocenters. The first-order chi connectivity index (χ1) is 13.6. The number of carbonyl (C=O) groups is 2. The molecule has 4 rings (SSSR count). The van der Waals surface area contributed by atoms with Gasteiger partial charge in [-0.2, -0.15) is 0 Å². The molecule has 1 aliphatic heterocycles. The van der Waals surface area contributed by atoms with E-state index in [0.717, 1.165) is 5.56 Å². The predicted octanol–water partition coefficient (Wildman–Crippen LogP) is 1.80. The summed E-state index contributed by atoms with van der Waals surface area (Å²) < 4.78 is 5.33. The standard InChI is InChI=1S/C20H19N5O3/c21-18(26)15-7-4-8-22-19(15)24-9-11-25(12-10-24)20(27)16-13-23-28-17(16)14-5-2-1-3-6-14/h1-8,13H,9-12H2,(H2,21,26). The van der Waals surface area contributed by atoms with Gasteiger partial charge in [-0.3, -0.25) is 9.59 Å². The quantitative estimate of drug-likeness (QED) is 0.743. The smallest absolute Gasteiger partial charge is 0.259 e. The monoisotopic (exact) mass is 377 g/mol. The number of anilines is 1. The van der Waals surface area contributed by atoms with Crippen LogP contribution in [0.3, 0.4) is 0 Å². The Morgan fingerprint density at radius 1 is 0.964 bits per heavy atom. The molecule has 2 amide bonds. The molecule has 142 valence electrons. The predicted molar refractivity (Wildman–Crippen MR) is 103 cm³/mol. The van der Waals surface area contributed by atoms with E-state index in [1.807, 2.05) is 35.2 Å². The third kappa shape index (κ3) is 3.32. The summed E-state index contributed by atoms with van der Waals surface area (Å²) in [4.78, 5) is 32.6. The van der Waals surface area contributed by atoms with Gasteiger partial charge in [-0.1, -0.05) is 35.5 Å². The second-order valence-electron chi connectivity index (χ2n) is 6.45. The molecule has 0 radical (unpaired) electrons. The Morgan fingerprint density at radius 2 is 1.71 bits per heavy atom. The number of piperazine rings is 1. The number of nitrogens with zero attached hydrogens (tertiary/aromatic N) is 4. The van der Waals surface area contributed by atoms with Crippen LogP contribution in [-0.4, -0.2) is 53.0 Å². The van der Waals surface area contributed by atoms with Crippen LogP contribution in [0.25, 0.3) is 11.3 Å². The fourth-order valence-electron chi connectivity index (χ4n) is 3.32. The van der Waals surface area contributed by atoms with Crippen LogP contribution in [0.2, 0.25) is 0 Å². The largest absolute Gasteiger partial charge is 0.365 e. The molecule has 8 nitrogen and oxygen atoms in total. The first-order valence-corrected chi connectivity index (χ1v) is 8.94. The molecule has 1 aromatic carbocycles. The van der Waals surface area contributed by atoms with Crippen molar-refractivity contribution in [2.75, 3.05) is 31.1 Å². The lowest BCUT2D eigenvalue weighted by Crippen LogP contribution is -2.49. The maximum Gasteiger partial charge on any atom is 0.259 e. The topological polar surface area (TPSA) is 106 Å². The minimum atomic E-state index is -0.515. The van der Waals surface area contributed by atoms with E-state index in [9.17, 15) is 9.59 Å². The second kappa shape index (κ2) is 7.51. The minimum absolute atomic E-state index is 0.129. The molecule has 0 spiro atoms. The Bertz CT molecular complexity index is 994. The Hall–Kier alpha value is -3.68. The Morgan fingerprint density at radius 3 is 2.43 bits per heavy atom. The Labute approximate surface area is 161 Å². The summed E-state index contributed by atoms with van der Waals surface area (Å²) in [5, 5.41) is 3.81. The van der Waals surface area contributed by atoms with Crippen LogP contribution in [0, 0.1) is 0 Å². The fraction of sp³-hybridized carbons (Fsp3) is 0.200. The van der Waals surface area contributed by atoms with Crippen LogP contribution in [0.15, 0.2) is 59.4 Å². The molecule has 2 N–H and O–H groups in total. The number of rotatable bonds is 4. The highest BCUT2D eigenvalue weighted by Gasteiger charge is 2.28. The average molecular weight is 377 g/mol. The zero-order valence-corrected chi connectivity index (χ0v) is 15.1. The molecule has 1 aliphatic rings. The molecule has 0 aliphatic carbocycles. The Balaban J connectivity index is 1.49. The zero-order valence-electron chi connectivity index (χ0n) is 15.1. The van der Waals surface area contributed by atoms with Crippen molar-refractivity contribution in [3.05, 3.63) is 66.0 Å². The van der Waals surface area contributed by atoms with Crippen molar-refractivity contribution in [1.82, 2.24) is 15.0 Å². The molecular formula is C20H19N5O3. The molecule has 0 atom stereocenters. The number of aromatic nitrogens is 2. The molecule has 2 aromatic heterocycles. The number of amides is 2. The maximum atomic E-state index is 13.0. The summed E-state index contributed by atoms with van der Waals surface area (Å²) in [6, 6.07) is 12.8. The molecule has 0 bridgehead atoms. The minimum Gasteiger partial charge on any atom is -0.365 e. The summed E-state index contributed by atoms with van der Waals surface area (Å²) >= 11 is 0. The van der Waals surface area contributed by atoms with Crippen LogP contribution in [-0.2, 0) is 0 Å². The third-order valence-corrected chi connectivity index (χ3v) is 4.76. The highest BCUT2D eigenvalue weighted by Crippen LogP contribution is 2.25. The SMILES string of the molecule is NC(=O)c1cccnc1N1CCN(C(=O)c2cnoc2-c2ccccc2)CC1. The van der Waals surface area contributed by atoms with Crippen LogP contribution in [0.4, 0.5) is 5.82 Å². The lowest BCUT2D eigenvalue weighted by atomic mass is 10.1. The van der Waals surface area contributed by atoms with Crippen LogP contribution >= 0.6 is 0 Å². The summed E-state index contributed by atoms with van der Waals surface area (Å²) in [5.41, 5.74) is 7.07. The normalized spacial score (nSPS) is 14.1. The summed E-state index contributed by atoms with van der Waals surface area (Å²) in [7, 11) is 0. The van der Waals surface area contributed by atoms with Crippen molar-refractivity contribution in [3.63, 3.8) is 0 Å². The zero-order chi connectivity index (χ0) is 19.5. The van der Waals surface area contributed by atoms with E-state index >= 15 is 0 Å². The van der Waals surface area contributed by atoms with Gasteiger partial charge in [0.1, 0.15) is 11.4 Å². The highest BCUT2D eigenvalue weighted by atomic mass is 16.5. The van der Waals surface area contributed by atoms with E-state index in [1.54, 1.807) is 23.2 Å². The maximum absolute atomic E-state index is 13.0. The van der Waals surface area contributed by atoms with Crippen molar-refractivity contribution in [1.29, 1.82) is 0 Å². The number of hydrogen-bond donors (Lipinski definition) is 1. The molecule has 1 fully saturated rings. The number of primary amides is 1. The van der Waals surface area contributed by atoms with Gasteiger partial charge >= 0.3 is 0 Å². The first kappa shape index (κ1) is 17.7. The highest BCUT2D eigenvalue weighted by molar-refractivity contribution is 6.00. The van der Waals surface area contributed by atoms with E-state index in [1.165, 1.54) is 6.20 Å². The van der Waals surface area contributed by atoms with Gasteiger partial charge in [0.25, 0.3) is 11.8 Å². The molecule has 8 heteroatoms. The van der Waals surface area contributed by atoms with Crippen LogP contribution in [0.1, 0.15) is 20.7 Å². The summed E-state index contributed by atoms with van der Waals surface area (Å²) in [5.74, 6) is 0.375. The van der Waals surface area contributed by atoms with Crippen LogP contribution < -0.4 is 10.6 Å². The summed E-state index contributed by atoms with van der Waals surface area (Å²) in [6.45, 7) is 2.09. The van der Waals surface area contributed by atoms with Gasteiger partial charge in [-0.25, -0.2) is 4.98 Å². The molecule has 3 aromatic rings. The van der Waals surface area contributed by atoms with Crippen molar-refractivity contribution in [3.8, 4) is 11.3 Å². The molecule has 28 heavy (non-hydrogen) atoms.